The minimum atomic E-state index is 0.0554. The number of nitrogens with zero attached hydrogens (tertiary/aromatic N) is 3. The Morgan fingerprint density at radius 1 is 1.30 bits per heavy atom. The quantitative estimate of drug-likeness (QED) is 0.900. The summed E-state index contributed by atoms with van der Waals surface area (Å²) in [5.74, 6) is 0.528. The molecule has 2 saturated heterocycles. The molecule has 23 heavy (non-hydrogen) atoms. The van der Waals surface area contributed by atoms with Gasteiger partial charge in [0.1, 0.15) is 6.33 Å². The second-order valence-electron chi connectivity index (χ2n) is 5.41. The van der Waals surface area contributed by atoms with Crippen molar-refractivity contribution in [3.8, 4) is 0 Å². The van der Waals surface area contributed by atoms with Gasteiger partial charge in [-0.05, 0) is 12.1 Å². The van der Waals surface area contributed by atoms with Crippen LogP contribution >= 0.6 is 11.8 Å². The Hall–Kier alpha value is -2.12. The Morgan fingerprint density at radius 2 is 2.17 bits per heavy atom. The molecule has 118 valence electrons. The van der Waals surface area contributed by atoms with Crippen molar-refractivity contribution in [3.05, 3.63) is 41.3 Å². The van der Waals surface area contributed by atoms with Crippen LogP contribution in [0.4, 0.5) is 0 Å². The number of carbonyl (C=O) groups is 1. The SMILES string of the molecule is O=C1CSC(=C(c2ccc3ncncc3c2)N2CCOCC2)N1. The Bertz CT molecular complexity index is 786. The lowest BCUT2D eigenvalue weighted by Gasteiger charge is -2.32. The van der Waals surface area contributed by atoms with E-state index in [-0.39, 0.29) is 5.91 Å². The maximum Gasteiger partial charge on any atom is 0.235 e. The molecule has 2 aromatic rings. The van der Waals surface area contributed by atoms with Gasteiger partial charge in [-0.25, -0.2) is 9.97 Å². The third kappa shape index (κ3) is 2.89. The highest BCUT2D eigenvalue weighted by molar-refractivity contribution is 8.04. The van der Waals surface area contributed by atoms with Gasteiger partial charge in [0.2, 0.25) is 5.91 Å². The van der Waals surface area contributed by atoms with Gasteiger partial charge in [0, 0.05) is 30.2 Å². The monoisotopic (exact) mass is 328 g/mol. The minimum absolute atomic E-state index is 0.0554. The maximum absolute atomic E-state index is 11.7. The topological polar surface area (TPSA) is 67.4 Å². The normalized spacial score (nSPS) is 20.7. The van der Waals surface area contributed by atoms with Gasteiger partial charge in [-0.15, -0.1) is 0 Å². The predicted octanol–water partition coefficient (Wildman–Crippen LogP) is 1.45. The summed E-state index contributed by atoms with van der Waals surface area (Å²) in [5, 5.41) is 4.90. The van der Waals surface area contributed by atoms with Crippen LogP contribution in [0.2, 0.25) is 0 Å². The van der Waals surface area contributed by atoms with E-state index in [1.807, 2.05) is 12.3 Å². The number of aromatic nitrogens is 2. The van der Waals surface area contributed by atoms with E-state index in [4.69, 9.17) is 4.74 Å². The summed E-state index contributed by atoms with van der Waals surface area (Å²) in [6, 6.07) is 6.13. The Morgan fingerprint density at radius 3 is 2.96 bits per heavy atom. The van der Waals surface area contributed by atoms with Crippen LogP contribution in [0.5, 0.6) is 0 Å². The second-order valence-corrected chi connectivity index (χ2v) is 6.40. The summed E-state index contributed by atoms with van der Waals surface area (Å²) >= 11 is 1.56. The molecule has 1 N–H and O–H groups in total. The van der Waals surface area contributed by atoms with Gasteiger partial charge in [0.05, 0.1) is 35.2 Å². The standard InChI is InChI=1S/C16H16N4O2S/c21-14-9-23-16(19-14)15(20-3-5-22-6-4-20)11-1-2-13-12(7-11)8-17-10-18-13/h1-2,7-8,10H,3-6,9H2,(H,19,21). The number of fused-ring (bicyclic) bond motifs is 1. The van der Waals surface area contributed by atoms with Gasteiger partial charge in [0.25, 0.3) is 0 Å². The summed E-state index contributed by atoms with van der Waals surface area (Å²) < 4.78 is 5.46. The van der Waals surface area contributed by atoms with Crippen LogP contribution in [0.3, 0.4) is 0 Å². The highest BCUT2D eigenvalue weighted by atomic mass is 32.2. The molecule has 1 aromatic carbocycles. The summed E-state index contributed by atoms with van der Waals surface area (Å²) in [7, 11) is 0. The van der Waals surface area contributed by atoms with Gasteiger partial charge in [-0.3, -0.25) is 4.79 Å². The van der Waals surface area contributed by atoms with Crippen molar-refractivity contribution in [3.63, 3.8) is 0 Å². The van der Waals surface area contributed by atoms with Gasteiger partial charge >= 0.3 is 0 Å². The third-order valence-corrected chi connectivity index (χ3v) is 4.91. The lowest BCUT2D eigenvalue weighted by molar-refractivity contribution is -0.117. The smallest absolute Gasteiger partial charge is 0.235 e. The second kappa shape index (κ2) is 6.17. The predicted molar refractivity (Wildman–Crippen MR) is 89.5 cm³/mol. The molecule has 0 saturated carbocycles. The van der Waals surface area contributed by atoms with Crippen molar-refractivity contribution >= 4 is 34.3 Å². The number of rotatable bonds is 2. The molecule has 0 bridgehead atoms. The average Bonchev–Trinajstić information content (AvgIpc) is 3.02. The van der Waals surface area contributed by atoms with Crippen LogP contribution in [0, 0.1) is 0 Å². The van der Waals surface area contributed by atoms with Crippen molar-refractivity contribution in [2.45, 2.75) is 0 Å². The van der Waals surface area contributed by atoms with E-state index in [1.54, 1.807) is 18.1 Å². The highest BCUT2D eigenvalue weighted by Gasteiger charge is 2.25. The van der Waals surface area contributed by atoms with E-state index in [2.05, 4.69) is 32.3 Å². The first-order valence-corrected chi connectivity index (χ1v) is 8.49. The number of ether oxygens (including phenoxy) is 1. The van der Waals surface area contributed by atoms with E-state index in [0.717, 1.165) is 40.3 Å². The van der Waals surface area contributed by atoms with E-state index in [9.17, 15) is 4.79 Å². The molecule has 2 aliphatic heterocycles. The van der Waals surface area contributed by atoms with Crippen LogP contribution in [-0.4, -0.2) is 52.8 Å². The Kier molecular flexibility index (Phi) is 3.88. The van der Waals surface area contributed by atoms with Crippen molar-refractivity contribution in [2.75, 3.05) is 32.1 Å². The molecule has 0 unspecified atom stereocenters. The molecule has 0 atom stereocenters. The van der Waals surface area contributed by atoms with E-state index in [0.29, 0.717) is 19.0 Å². The Labute approximate surface area is 137 Å². The lowest BCUT2D eigenvalue weighted by Crippen LogP contribution is -2.36. The van der Waals surface area contributed by atoms with Gasteiger partial charge in [-0.1, -0.05) is 17.8 Å². The fraction of sp³-hybridized carbons (Fsp3) is 0.312. The van der Waals surface area contributed by atoms with Gasteiger partial charge in [0.15, 0.2) is 0 Å². The summed E-state index contributed by atoms with van der Waals surface area (Å²) in [4.78, 5) is 22.3. The first kappa shape index (κ1) is 14.5. The van der Waals surface area contributed by atoms with Gasteiger partial charge in [-0.2, -0.15) is 0 Å². The molecule has 4 rings (SSSR count). The van der Waals surface area contributed by atoms with Crippen LogP contribution in [0.15, 0.2) is 35.8 Å². The molecule has 1 aromatic heterocycles. The number of carbonyl (C=O) groups excluding carboxylic acids is 1. The van der Waals surface area contributed by atoms with E-state index in [1.165, 1.54) is 0 Å². The molecule has 6 nitrogen and oxygen atoms in total. The minimum Gasteiger partial charge on any atom is -0.378 e. The molecule has 2 fully saturated rings. The maximum atomic E-state index is 11.7. The van der Waals surface area contributed by atoms with Gasteiger partial charge < -0.3 is 15.0 Å². The zero-order chi connectivity index (χ0) is 15.6. The van der Waals surface area contributed by atoms with Crippen LogP contribution in [0.25, 0.3) is 16.6 Å². The Balaban J connectivity index is 1.81. The number of amides is 1. The van der Waals surface area contributed by atoms with Crippen LogP contribution in [0.1, 0.15) is 5.56 Å². The molecular formula is C16H16N4O2S. The summed E-state index contributed by atoms with van der Waals surface area (Å²) in [5.41, 5.74) is 3.05. The van der Waals surface area contributed by atoms with Crippen LogP contribution in [-0.2, 0) is 9.53 Å². The average molecular weight is 328 g/mol. The van der Waals surface area contributed by atoms with Crippen molar-refractivity contribution in [1.29, 1.82) is 0 Å². The zero-order valence-electron chi connectivity index (χ0n) is 12.5. The molecule has 3 heterocycles. The van der Waals surface area contributed by atoms with Crippen molar-refractivity contribution < 1.29 is 9.53 Å². The number of hydrogen-bond donors (Lipinski definition) is 1. The number of hydrogen-bond acceptors (Lipinski definition) is 6. The molecule has 1 amide bonds. The molecule has 7 heteroatoms. The molecule has 0 radical (unpaired) electrons. The van der Waals surface area contributed by atoms with E-state index < -0.39 is 0 Å². The van der Waals surface area contributed by atoms with E-state index >= 15 is 0 Å². The number of benzene rings is 1. The lowest BCUT2D eigenvalue weighted by atomic mass is 10.1. The number of morpholine rings is 1. The zero-order valence-corrected chi connectivity index (χ0v) is 13.3. The molecule has 0 aliphatic carbocycles. The largest absolute Gasteiger partial charge is 0.378 e. The first-order chi connectivity index (χ1) is 11.3. The molecule has 2 aliphatic rings. The fourth-order valence-corrected chi connectivity index (χ4v) is 3.76. The summed E-state index contributed by atoms with van der Waals surface area (Å²) in [6.07, 6.45) is 3.37. The summed E-state index contributed by atoms with van der Waals surface area (Å²) in [6.45, 7) is 3.04. The first-order valence-electron chi connectivity index (χ1n) is 7.51. The number of nitrogens with one attached hydrogen (secondary N) is 1. The highest BCUT2D eigenvalue weighted by Crippen LogP contribution is 2.32. The van der Waals surface area contributed by atoms with Crippen molar-refractivity contribution in [1.82, 2.24) is 20.2 Å². The van der Waals surface area contributed by atoms with Crippen molar-refractivity contribution in [2.24, 2.45) is 0 Å². The number of thioether (sulfide) groups is 1. The fourth-order valence-electron chi connectivity index (χ4n) is 2.84. The van der Waals surface area contributed by atoms with Crippen LogP contribution < -0.4 is 5.32 Å². The third-order valence-electron chi connectivity index (χ3n) is 3.92. The molecule has 0 spiro atoms. The molecular weight excluding hydrogens is 312 g/mol.